The lowest BCUT2D eigenvalue weighted by Gasteiger charge is -2.13. The van der Waals surface area contributed by atoms with Gasteiger partial charge in [0.15, 0.2) is 0 Å². The third kappa shape index (κ3) is 3.28. The minimum atomic E-state index is -0.400. The fourth-order valence-corrected chi connectivity index (χ4v) is 3.71. The predicted molar refractivity (Wildman–Crippen MR) is 117 cm³/mol. The zero-order valence-corrected chi connectivity index (χ0v) is 17.0. The van der Waals surface area contributed by atoms with Crippen LogP contribution in [0.1, 0.15) is 11.4 Å². The molecule has 3 heterocycles. The summed E-state index contributed by atoms with van der Waals surface area (Å²) < 4.78 is 8.70. The number of fused-ring (bicyclic) bond motifs is 3. The average Bonchev–Trinajstić information content (AvgIpc) is 3.30. The van der Waals surface area contributed by atoms with Crippen molar-refractivity contribution in [2.24, 2.45) is 0 Å². The van der Waals surface area contributed by atoms with Gasteiger partial charge in [-0.25, -0.2) is 9.67 Å². The number of nitrogens with one attached hydrogen (secondary N) is 1. The minimum Gasteiger partial charge on any atom is -0.448 e. The van der Waals surface area contributed by atoms with Crippen LogP contribution >= 0.6 is 0 Å². The maximum absolute atomic E-state index is 12.9. The van der Waals surface area contributed by atoms with Crippen LogP contribution in [-0.4, -0.2) is 25.2 Å². The first-order chi connectivity index (χ1) is 15.0. The van der Waals surface area contributed by atoms with Crippen LogP contribution in [0.3, 0.4) is 0 Å². The van der Waals surface area contributed by atoms with Crippen molar-refractivity contribution in [1.29, 1.82) is 0 Å². The van der Waals surface area contributed by atoms with Crippen LogP contribution in [0.15, 0.2) is 70.1 Å². The van der Waals surface area contributed by atoms with Gasteiger partial charge in [0, 0.05) is 11.1 Å². The third-order valence-electron chi connectivity index (χ3n) is 5.08. The number of aryl methyl sites for hydroxylation is 2. The van der Waals surface area contributed by atoms with Gasteiger partial charge in [0.05, 0.1) is 23.4 Å². The van der Waals surface area contributed by atoms with Crippen molar-refractivity contribution in [2.75, 3.05) is 5.32 Å². The first-order valence-electron chi connectivity index (χ1n) is 9.80. The van der Waals surface area contributed by atoms with Crippen molar-refractivity contribution in [3.63, 3.8) is 0 Å². The number of carbonyl (C=O) groups is 1. The fraction of sp³-hybridized carbons (Fsp3) is 0.130. The van der Waals surface area contributed by atoms with Gasteiger partial charge in [-0.05, 0) is 44.2 Å². The molecule has 31 heavy (non-hydrogen) atoms. The Hall–Kier alpha value is -4.20. The van der Waals surface area contributed by atoms with Crippen molar-refractivity contribution in [3.05, 3.63) is 82.7 Å². The number of amides is 1. The summed E-state index contributed by atoms with van der Waals surface area (Å²) in [7, 11) is 0. The summed E-state index contributed by atoms with van der Waals surface area (Å²) in [6.45, 7) is 3.68. The number of benzene rings is 2. The van der Waals surface area contributed by atoms with Crippen molar-refractivity contribution in [3.8, 4) is 5.69 Å². The number of nitrogens with zero attached hydrogens (tertiary/aromatic N) is 4. The second kappa shape index (κ2) is 7.24. The highest BCUT2D eigenvalue weighted by Crippen LogP contribution is 2.24. The first kappa shape index (κ1) is 18.8. The van der Waals surface area contributed by atoms with Crippen LogP contribution in [-0.2, 0) is 11.3 Å². The molecule has 0 aliphatic carbocycles. The second-order valence-corrected chi connectivity index (χ2v) is 7.36. The molecule has 8 heteroatoms. The quantitative estimate of drug-likeness (QED) is 0.486. The number of furan rings is 1. The zero-order chi connectivity index (χ0) is 21.5. The van der Waals surface area contributed by atoms with E-state index in [0.717, 1.165) is 22.5 Å². The van der Waals surface area contributed by atoms with Gasteiger partial charge >= 0.3 is 0 Å². The van der Waals surface area contributed by atoms with Crippen molar-refractivity contribution in [1.82, 2.24) is 19.3 Å². The van der Waals surface area contributed by atoms with Gasteiger partial charge in [0.2, 0.25) is 11.5 Å². The lowest BCUT2D eigenvalue weighted by molar-refractivity contribution is -0.116. The topological polar surface area (TPSA) is 95.0 Å². The van der Waals surface area contributed by atoms with E-state index in [4.69, 9.17) is 4.42 Å². The normalized spacial score (nSPS) is 11.3. The molecule has 0 unspecified atom stereocenters. The summed E-state index contributed by atoms with van der Waals surface area (Å²) in [6.07, 6.45) is 1.37. The van der Waals surface area contributed by atoms with E-state index in [0.29, 0.717) is 16.8 Å². The van der Waals surface area contributed by atoms with E-state index in [1.807, 2.05) is 56.3 Å². The molecule has 0 saturated heterocycles. The van der Waals surface area contributed by atoms with Gasteiger partial charge < -0.3 is 9.73 Å². The Balaban J connectivity index is 1.45. The van der Waals surface area contributed by atoms with Crippen LogP contribution in [0.5, 0.6) is 0 Å². The van der Waals surface area contributed by atoms with Crippen LogP contribution in [0.2, 0.25) is 0 Å². The van der Waals surface area contributed by atoms with Crippen molar-refractivity contribution >= 4 is 33.7 Å². The van der Waals surface area contributed by atoms with Gasteiger partial charge in [-0.1, -0.05) is 24.3 Å². The largest absolute Gasteiger partial charge is 0.448 e. The Labute approximate surface area is 176 Å². The van der Waals surface area contributed by atoms with Crippen molar-refractivity contribution < 1.29 is 9.21 Å². The molecule has 2 aromatic carbocycles. The molecular weight excluding hydrogens is 394 g/mol. The minimum absolute atomic E-state index is 0.138. The van der Waals surface area contributed by atoms with E-state index in [2.05, 4.69) is 15.4 Å². The lowest BCUT2D eigenvalue weighted by atomic mass is 10.2. The molecule has 0 aliphatic rings. The monoisotopic (exact) mass is 413 g/mol. The number of hydrogen-bond donors (Lipinski definition) is 1. The maximum atomic E-state index is 12.9. The highest BCUT2D eigenvalue weighted by atomic mass is 16.3. The molecule has 3 aromatic heterocycles. The Morgan fingerprint density at radius 1 is 1.10 bits per heavy atom. The van der Waals surface area contributed by atoms with Crippen LogP contribution in [0, 0.1) is 13.8 Å². The predicted octanol–water partition coefficient (Wildman–Crippen LogP) is 3.58. The Morgan fingerprint density at radius 3 is 2.68 bits per heavy atom. The summed E-state index contributed by atoms with van der Waals surface area (Å²) in [4.78, 5) is 30.0. The number of rotatable bonds is 4. The molecule has 0 fully saturated rings. The summed E-state index contributed by atoms with van der Waals surface area (Å²) in [5.41, 5.74) is 4.01. The zero-order valence-electron chi connectivity index (χ0n) is 17.0. The van der Waals surface area contributed by atoms with Gasteiger partial charge in [-0.2, -0.15) is 5.10 Å². The summed E-state index contributed by atoms with van der Waals surface area (Å²) in [5.74, 6) is -0.353. The number of carbonyl (C=O) groups excluding carboxylic acids is 1. The molecule has 1 N–H and O–H groups in total. The van der Waals surface area contributed by atoms with Crippen LogP contribution in [0.25, 0.3) is 27.8 Å². The van der Waals surface area contributed by atoms with E-state index in [9.17, 15) is 9.59 Å². The molecule has 0 spiro atoms. The average molecular weight is 413 g/mol. The molecule has 1 amide bonds. The molecule has 5 aromatic rings. The highest BCUT2D eigenvalue weighted by molar-refractivity contribution is 6.01. The van der Waals surface area contributed by atoms with Gasteiger partial charge in [-0.3, -0.25) is 14.2 Å². The van der Waals surface area contributed by atoms with Gasteiger partial charge in [0.25, 0.3) is 5.56 Å². The number of para-hydroxylation sites is 3. The van der Waals surface area contributed by atoms with Gasteiger partial charge in [-0.15, -0.1) is 0 Å². The number of anilines is 1. The van der Waals surface area contributed by atoms with E-state index in [1.165, 1.54) is 10.9 Å². The van der Waals surface area contributed by atoms with Crippen LogP contribution in [0.4, 0.5) is 5.69 Å². The van der Waals surface area contributed by atoms with Crippen molar-refractivity contribution in [2.45, 2.75) is 20.4 Å². The smallest absolute Gasteiger partial charge is 0.297 e. The standard InChI is InChI=1S/C23H19N5O3/c1-14-11-15(2)28(26-14)18-9-5-4-8-17(18)25-20(29)12-27-13-24-21-16-7-3-6-10-19(16)31-22(21)23(27)30/h3-11,13H,12H2,1-2H3,(H,25,29). The molecule has 0 bridgehead atoms. The van der Waals surface area contributed by atoms with Gasteiger partial charge in [0.1, 0.15) is 17.6 Å². The van der Waals surface area contributed by atoms with E-state index >= 15 is 0 Å². The maximum Gasteiger partial charge on any atom is 0.297 e. The lowest BCUT2D eigenvalue weighted by Crippen LogP contribution is -2.28. The van der Waals surface area contributed by atoms with E-state index in [1.54, 1.807) is 16.8 Å². The molecule has 0 saturated carbocycles. The highest BCUT2D eigenvalue weighted by Gasteiger charge is 2.16. The Bertz CT molecular complexity index is 1510. The molecule has 0 aliphatic heterocycles. The fourth-order valence-electron chi connectivity index (χ4n) is 3.71. The third-order valence-corrected chi connectivity index (χ3v) is 5.08. The molecule has 8 nitrogen and oxygen atoms in total. The molecular formula is C23H19N5O3. The molecule has 5 rings (SSSR count). The second-order valence-electron chi connectivity index (χ2n) is 7.36. The summed E-state index contributed by atoms with van der Waals surface area (Å²) >= 11 is 0. The molecule has 154 valence electrons. The SMILES string of the molecule is Cc1cc(C)n(-c2ccccc2NC(=O)Cn2cnc3c(oc4ccccc43)c2=O)n1. The van der Waals surface area contributed by atoms with Crippen LogP contribution < -0.4 is 10.9 Å². The number of aromatic nitrogens is 4. The molecule has 0 radical (unpaired) electrons. The first-order valence-corrected chi connectivity index (χ1v) is 9.80. The van der Waals surface area contributed by atoms with E-state index < -0.39 is 5.56 Å². The number of hydrogen-bond acceptors (Lipinski definition) is 5. The van der Waals surface area contributed by atoms with E-state index in [-0.39, 0.29) is 18.0 Å². The Kier molecular flexibility index (Phi) is 4.39. The summed E-state index contributed by atoms with van der Waals surface area (Å²) in [5, 5.41) is 8.14. The molecule has 0 atom stereocenters. The Morgan fingerprint density at radius 2 is 1.87 bits per heavy atom. The summed E-state index contributed by atoms with van der Waals surface area (Å²) in [6, 6.07) is 16.7.